The topological polar surface area (TPSA) is 101 Å². The molecular weight excluding hydrogens is 814 g/mol. The Hall–Kier alpha value is -5.10. The molecule has 314 valence electrons. The van der Waals surface area contributed by atoms with Gasteiger partial charge in [-0.25, -0.2) is 4.79 Å². The molecule has 0 radical (unpaired) electrons. The van der Waals surface area contributed by atoms with Gasteiger partial charge in [-0.3, -0.25) is 14.7 Å². The Morgan fingerprint density at radius 1 is 0.950 bits per heavy atom. The molecule has 0 fully saturated rings. The van der Waals surface area contributed by atoms with Crippen molar-refractivity contribution in [2.45, 2.75) is 89.7 Å². The normalized spacial score (nSPS) is 17.7. The summed E-state index contributed by atoms with van der Waals surface area (Å²) in [6.07, 6.45) is -1.12. The first-order chi connectivity index (χ1) is 28.6. The molecular formula is C47H46Cl2F3N3O5. The van der Waals surface area contributed by atoms with Crippen LogP contribution in [0.15, 0.2) is 91.1 Å². The third-order valence-corrected chi connectivity index (χ3v) is 12.3. The number of carboxylic acid groups (broad SMARTS) is 1. The number of aliphatic carboxylic acids is 1. The average Bonchev–Trinajstić information content (AvgIpc) is 3.42. The van der Waals surface area contributed by atoms with Crippen molar-refractivity contribution in [3.8, 4) is 22.6 Å². The van der Waals surface area contributed by atoms with Gasteiger partial charge in [0.05, 0.1) is 29.2 Å². The first kappa shape index (κ1) is 43.0. The molecule has 4 atom stereocenters. The van der Waals surface area contributed by atoms with Gasteiger partial charge in [-0.15, -0.1) is 0 Å². The lowest BCUT2D eigenvalue weighted by Gasteiger charge is -2.37. The van der Waals surface area contributed by atoms with Gasteiger partial charge in [0.25, 0.3) is 0 Å². The highest BCUT2D eigenvalue weighted by molar-refractivity contribution is 6.42. The van der Waals surface area contributed by atoms with E-state index in [4.69, 9.17) is 32.7 Å². The highest BCUT2D eigenvalue weighted by Crippen LogP contribution is 2.39. The van der Waals surface area contributed by atoms with Gasteiger partial charge in [-0.05, 0) is 132 Å². The zero-order chi connectivity index (χ0) is 42.7. The van der Waals surface area contributed by atoms with Crippen LogP contribution < -0.4 is 14.8 Å². The second-order valence-electron chi connectivity index (χ2n) is 15.6. The molecule has 1 amide bonds. The number of benzene rings is 4. The van der Waals surface area contributed by atoms with E-state index in [1.807, 2.05) is 87.5 Å². The van der Waals surface area contributed by atoms with E-state index < -0.39 is 36.7 Å². The zero-order valence-electron chi connectivity index (χ0n) is 33.5. The van der Waals surface area contributed by atoms with E-state index in [-0.39, 0.29) is 31.4 Å². The van der Waals surface area contributed by atoms with Gasteiger partial charge in [0.1, 0.15) is 23.6 Å². The largest absolute Gasteiger partial charge is 0.493 e. The molecule has 0 unspecified atom stereocenters. The Morgan fingerprint density at radius 3 is 2.38 bits per heavy atom. The number of fused-ring (bicyclic) bond motifs is 2. The fourth-order valence-electron chi connectivity index (χ4n) is 8.19. The smallest absolute Gasteiger partial charge is 0.401 e. The molecule has 13 heteroatoms. The Bertz CT molecular complexity index is 2360. The van der Waals surface area contributed by atoms with Crippen LogP contribution in [0, 0.1) is 13.8 Å². The number of carbonyl (C=O) groups excluding carboxylic acids is 1. The van der Waals surface area contributed by atoms with Gasteiger partial charge in [0.2, 0.25) is 5.91 Å². The molecule has 2 aliphatic rings. The maximum Gasteiger partial charge on any atom is 0.401 e. The maximum absolute atomic E-state index is 14.0. The molecule has 3 heterocycles. The number of pyridine rings is 1. The number of carbonyl (C=O) groups is 2. The Labute approximate surface area is 357 Å². The molecule has 4 aromatic carbocycles. The van der Waals surface area contributed by atoms with Crippen molar-refractivity contribution in [3.05, 3.63) is 146 Å². The van der Waals surface area contributed by atoms with E-state index in [9.17, 15) is 27.9 Å². The number of hydrogen-bond acceptors (Lipinski definition) is 6. The molecule has 60 heavy (non-hydrogen) atoms. The first-order valence-corrected chi connectivity index (χ1v) is 20.8. The Balaban J connectivity index is 1.05. The van der Waals surface area contributed by atoms with Gasteiger partial charge in [0.15, 0.2) is 0 Å². The summed E-state index contributed by atoms with van der Waals surface area (Å²) in [5, 5.41) is 13.6. The zero-order valence-corrected chi connectivity index (χ0v) is 35.0. The van der Waals surface area contributed by atoms with E-state index in [0.717, 1.165) is 50.4 Å². The number of aromatic nitrogens is 1. The van der Waals surface area contributed by atoms with Crippen molar-refractivity contribution in [3.63, 3.8) is 0 Å². The molecule has 0 saturated heterocycles. The standard InChI is InChI=1S/C47H46Cl2F3N3O5/c1-4-43(33-11-14-39(48)40(49)22-33)60-37-12-9-30(10-13-37)32-16-18-59-44-24-34-23-42(55(26-47(50,51)52)25-36(34)21-35(44)20-32)45(56)54-41(46(57)58)19-29-5-7-31(8-6-29)38-15-17-53-28(3)27(38)2/h5-15,17,21-22,24,32,41-43H,4,16,18-20,23,25-26H2,1-3H3,(H,54,56)(H,57,58)/t32-,41+,42+,43-/m1/s1. The van der Waals surface area contributed by atoms with Crippen LogP contribution in [0.2, 0.25) is 10.0 Å². The predicted molar refractivity (Wildman–Crippen MR) is 226 cm³/mol. The van der Waals surface area contributed by atoms with Gasteiger partial charge >= 0.3 is 12.1 Å². The summed E-state index contributed by atoms with van der Waals surface area (Å²) < 4.78 is 54.6. The van der Waals surface area contributed by atoms with Crippen molar-refractivity contribution < 1.29 is 37.3 Å². The van der Waals surface area contributed by atoms with Crippen LogP contribution in [0.25, 0.3) is 11.1 Å². The maximum atomic E-state index is 14.0. The van der Waals surface area contributed by atoms with Gasteiger partial charge in [0, 0.05) is 24.9 Å². The predicted octanol–water partition coefficient (Wildman–Crippen LogP) is 10.4. The highest BCUT2D eigenvalue weighted by Gasteiger charge is 2.40. The second kappa shape index (κ2) is 18.3. The van der Waals surface area contributed by atoms with Gasteiger partial charge in [-0.2, -0.15) is 13.2 Å². The number of carboxylic acids is 1. The fourth-order valence-corrected chi connectivity index (χ4v) is 8.50. The molecule has 0 bridgehead atoms. The van der Waals surface area contributed by atoms with Crippen molar-refractivity contribution in [1.82, 2.24) is 15.2 Å². The highest BCUT2D eigenvalue weighted by atomic mass is 35.5. The number of nitrogens with zero attached hydrogens (tertiary/aromatic N) is 2. The van der Waals surface area contributed by atoms with Crippen LogP contribution in [0.4, 0.5) is 13.2 Å². The monoisotopic (exact) mass is 859 g/mol. The van der Waals surface area contributed by atoms with E-state index in [2.05, 4.69) is 10.3 Å². The minimum absolute atomic E-state index is 0.0362. The molecule has 7 rings (SSSR count). The van der Waals surface area contributed by atoms with Crippen LogP contribution in [0.3, 0.4) is 0 Å². The lowest BCUT2D eigenvalue weighted by Crippen LogP contribution is -2.56. The molecule has 5 aromatic rings. The van der Waals surface area contributed by atoms with E-state index in [1.165, 1.54) is 0 Å². The molecule has 2 N–H and O–H groups in total. The van der Waals surface area contributed by atoms with Crippen molar-refractivity contribution in [2.24, 2.45) is 0 Å². The van der Waals surface area contributed by atoms with E-state index >= 15 is 0 Å². The van der Waals surface area contributed by atoms with E-state index in [0.29, 0.717) is 57.7 Å². The lowest BCUT2D eigenvalue weighted by molar-refractivity contribution is -0.158. The van der Waals surface area contributed by atoms with Crippen LogP contribution in [0.5, 0.6) is 11.5 Å². The average molecular weight is 861 g/mol. The number of hydrogen-bond donors (Lipinski definition) is 2. The van der Waals surface area contributed by atoms with Crippen molar-refractivity contribution in [2.75, 3.05) is 13.2 Å². The van der Waals surface area contributed by atoms with Crippen molar-refractivity contribution >= 4 is 35.1 Å². The van der Waals surface area contributed by atoms with Crippen molar-refractivity contribution in [1.29, 1.82) is 0 Å². The number of ether oxygens (including phenoxy) is 2. The number of halogens is 5. The second-order valence-corrected chi connectivity index (χ2v) is 16.4. The molecule has 0 spiro atoms. The number of alkyl halides is 3. The first-order valence-electron chi connectivity index (χ1n) is 20.0. The third kappa shape index (κ3) is 10.1. The van der Waals surface area contributed by atoms with Gasteiger partial charge in [-0.1, -0.05) is 78.7 Å². The summed E-state index contributed by atoms with van der Waals surface area (Å²) in [6, 6.07) is 23.8. The van der Waals surface area contributed by atoms with Crippen LogP contribution >= 0.6 is 23.2 Å². The quantitative estimate of drug-likeness (QED) is 0.129. The minimum atomic E-state index is -4.59. The fraction of sp³-hybridized carbons (Fsp3) is 0.340. The Kier molecular flexibility index (Phi) is 13.1. The minimum Gasteiger partial charge on any atom is -0.493 e. The summed E-state index contributed by atoms with van der Waals surface area (Å²) in [5.41, 5.74) is 8.78. The van der Waals surface area contributed by atoms with Crippen LogP contribution in [-0.4, -0.2) is 58.3 Å². The molecule has 0 saturated carbocycles. The summed E-state index contributed by atoms with van der Waals surface area (Å²) >= 11 is 12.4. The molecule has 0 aliphatic carbocycles. The third-order valence-electron chi connectivity index (χ3n) is 11.6. The van der Waals surface area contributed by atoms with Crippen LogP contribution in [0.1, 0.15) is 76.4 Å². The molecule has 2 aliphatic heterocycles. The summed E-state index contributed by atoms with van der Waals surface area (Å²) in [6.45, 7) is 4.90. The number of amides is 1. The summed E-state index contributed by atoms with van der Waals surface area (Å²) in [5.74, 6) is -0.638. The number of nitrogens with one attached hydrogen (secondary N) is 1. The molecule has 8 nitrogen and oxygen atoms in total. The summed E-state index contributed by atoms with van der Waals surface area (Å²) in [4.78, 5) is 31.6. The van der Waals surface area contributed by atoms with E-state index in [1.54, 1.807) is 24.4 Å². The van der Waals surface area contributed by atoms with Gasteiger partial charge < -0.3 is 19.9 Å². The summed E-state index contributed by atoms with van der Waals surface area (Å²) in [7, 11) is 0. The lowest BCUT2D eigenvalue weighted by atomic mass is 9.86. The number of rotatable bonds is 12. The van der Waals surface area contributed by atoms with Crippen LogP contribution in [-0.2, 0) is 35.4 Å². The molecule has 1 aromatic heterocycles. The number of aryl methyl sites for hydroxylation is 1. The SMILES string of the molecule is CC[C@@H](Oc1ccc([C@@H]2CCOc3cc4c(cc3C2)CN(CC(F)(F)F)[C@H](C(=O)N[C@@H](Cc2ccc(-c3ccnc(C)c3C)cc2)C(=O)O)C4)cc1)c1ccc(Cl)c(Cl)c1. The Morgan fingerprint density at radius 2 is 1.70 bits per heavy atom.